The number of carbonyl (C=O) groups is 1. The number of para-hydroxylation sites is 1. The van der Waals surface area contributed by atoms with E-state index < -0.39 is 0 Å². The van der Waals surface area contributed by atoms with Gasteiger partial charge in [0, 0.05) is 25.2 Å². The maximum absolute atomic E-state index is 12.4. The quantitative estimate of drug-likeness (QED) is 0.218. The first kappa shape index (κ1) is 26.3. The fraction of sp³-hybridized carbons (Fsp3) is 0.407. The summed E-state index contributed by atoms with van der Waals surface area (Å²) in [6.45, 7) is 14.6. The number of carbonyl (C=O) groups excluding carboxylic acids is 1. The maximum Gasteiger partial charge on any atom is 0.254 e. The van der Waals surface area contributed by atoms with Gasteiger partial charge in [0.2, 0.25) is 0 Å². The number of hydrogen-bond acceptors (Lipinski definition) is 5. The average molecular weight is 451 g/mol. The molecule has 6 nitrogen and oxygen atoms in total. The van der Waals surface area contributed by atoms with Crippen LogP contribution in [0.4, 0.5) is 0 Å². The van der Waals surface area contributed by atoms with Crippen molar-refractivity contribution in [2.75, 3.05) is 39.3 Å². The second-order valence-electron chi connectivity index (χ2n) is 8.20. The van der Waals surface area contributed by atoms with Crippen LogP contribution in [0.5, 0.6) is 5.75 Å². The highest BCUT2D eigenvalue weighted by Gasteiger charge is 2.17. The molecule has 0 bridgehead atoms. The van der Waals surface area contributed by atoms with Gasteiger partial charge in [0.25, 0.3) is 5.91 Å². The van der Waals surface area contributed by atoms with Gasteiger partial charge in [-0.05, 0) is 50.4 Å². The zero-order chi connectivity index (χ0) is 23.9. The molecular weight excluding hydrogens is 412 g/mol. The number of nitrogens with zero attached hydrogens (tertiary/aromatic N) is 3. The Labute approximate surface area is 198 Å². The summed E-state index contributed by atoms with van der Waals surface area (Å²) < 4.78 is 0. The van der Waals surface area contributed by atoms with E-state index in [-0.39, 0.29) is 11.7 Å². The van der Waals surface area contributed by atoms with Gasteiger partial charge in [0.1, 0.15) is 5.75 Å². The number of amides is 1. The third kappa shape index (κ3) is 9.60. The lowest BCUT2D eigenvalue weighted by molar-refractivity contribution is -0.122. The SMILES string of the molecule is C=CC/C(=C\C=C/CC)CN1CCCN(CC(=O)N/N=C/c2cccc(CC=C)c2O)CC1. The van der Waals surface area contributed by atoms with E-state index in [0.29, 0.717) is 18.5 Å². The molecule has 178 valence electrons. The van der Waals surface area contributed by atoms with Gasteiger partial charge in [0.15, 0.2) is 0 Å². The Morgan fingerprint density at radius 2 is 1.91 bits per heavy atom. The molecule has 0 spiro atoms. The lowest BCUT2D eigenvalue weighted by atomic mass is 10.1. The zero-order valence-electron chi connectivity index (χ0n) is 19.9. The van der Waals surface area contributed by atoms with Crippen molar-refractivity contribution in [2.45, 2.75) is 32.6 Å². The number of hydrogen-bond donors (Lipinski definition) is 2. The Morgan fingerprint density at radius 3 is 2.61 bits per heavy atom. The second kappa shape index (κ2) is 15.0. The standard InChI is InChI=1S/C27H38N4O2/c1-4-7-8-13-23(11-5-2)21-30-16-10-17-31(19-18-30)22-26(32)29-28-20-25-15-9-14-24(12-6-3)27(25)33/h5-9,13-15,20,33H,2-4,10-12,16-19,21-22H2,1H3,(H,29,32)/b8-7-,23-13+,28-20+. The van der Waals surface area contributed by atoms with Crippen molar-refractivity contribution in [1.82, 2.24) is 15.2 Å². The number of phenols is 1. The Balaban J connectivity index is 1.83. The molecule has 0 aliphatic carbocycles. The van der Waals surface area contributed by atoms with Crippen LogP contribution >= 0.6 is 0 Å². The van der Waals surface area contributed by atoms with Crippen LogP contribution < -0.4 is 5.43 Å². The number of hydrazone groups is 1. The van der Waals surface area contributed by atoms with Crippen molar-refractivity contribution in [3.8, 4) is 5.75 Å². The van der Waals surface area contributed by atoms with Crippen LogP contribution in [0.2, 0.25) is 0 Å². The minimum absolute atomic E-state index is 0.154. The van der Waals surface area contributed by atoms with Gasteiger partial charge in [-0.25, -0.2) is 5.43 Å². The highest BCUT2D eigenvalue weighted by molar-refractivity contribution is 5.86. The predicted molar refractivity (Wildman–Crippen MR) is 138 cm³/mol. The molecule has 0 saturated carbocycles. The minimum Gasteiger partial charge on any atom is -0.507 e. The van der Waals surface area contributed by atoms with Crippen molar-refractivity contribution in [2.24, 2.45) is 5.10 Å². The molecule has 0 unspecified atom stereocenters. The van der Waals surface area contributed by atoms with Gasteiger partial charge in [-0.1, -0.05) is 55.0 Å². The van der Waals surface area contributed by atoms with Crippen LogP contribution in [0.25, 0.3) is 0 Å². The molecule has 2 rings (SSSR count). The summed E-state index contributed by atoms with van der Waals surface area (Å²) in [5.74, 6) is 0.0106. The number of allylic oxidation sites excluding steroid dienone is 5. The Hall–Kier alpha value is -2.96. The van der Waals surface area contributed by atoms with E-state index in [0.717, 1.165) is 57.5 Å². The Kier molecular flexibility index (Phi) is 11.9. The first-order valence-electron chi connectivity index (χ1n) is 11.7. The number of aromatic hydroxyl groups is 1. The number of nitrogens with one attached hydrogen (secondary N) is 1. The van der Waals surface area contributed by atoms with E-state index in [1.807, 2.05) is 18.2 Å². The van der Waals surface area contributed by atoms with Crippen LogP contribution in [0, 0.1) is 0 Å². The lowest BCUT2D eigenvalue weighted by Crippen LogP contribution is -2.38. The summed E-state index contributed by atoms with van der Waals surface area (Å²) in [6, 6.07) is 5.45. The van der Waals surface area contributed by atoms with Crippen LogP contribution in [-0.4, -0.2) is 66.3 Å². The van der Waals surface area contributed by atoms with Gasteiger partial charge in [-0.2, -0.15) is 5.10 Å². The first-order chi connectivity index (χ1) is 16.1. The molecule has 1 fully saturated rings. The summed E-state index contributed by atoms with van der Waals surface area (Å²) in [4.78, 5) is 17.0. The molecule has 33 heavy (non-hydrogen) atoms. The molecule has 1 saturated heterocycles. The molecule has 0 radical (unpaired) electrons. The molecule has 1 heterocycles. The summed E-state index contributed by atoms with van der Waals surface area (Å²) in [5.41, 5.74) is 5.29. The minimum atomic E-state index is -0.154. The van der Waals surface area contributed by atoms with E-state index in [2.05, 4.69) is 58.6 Å². The highest BCUT2D eigenvalue weighted by atomic mass is 16.3. The summed E-state index contributed by atoms with van der Waals surface area (Å²) >= 11 is 0. The molecule has 1 aliphatic rings. The molecule has 2 N–H and O–H groups in total. The molecule has 1 aliphatic heterocycles. The second-order valence-corrected chi connectivity index (χ2v) is 8.20. The third-order valence-electron chi connectivity index (χ3n) is 5.49. The van der Waals surface area contributed by atoms with Crippen molar-refractivity contribution in [3.05, 3.63) is 78.4 Å². The van der Waals surface area contributed by atoms with Crippen LogP contribution in [0.3, 0.4) is 0 Å². The van der Waals surface area contributed by atoms with E-state index in [4.69, 9.17) is 0 Å². The fourth-order valence-electron chi connectivity index (χ4n) is 3.79. The van der Waals surface area contributed by atoms with E-state index >= 15 is 0 Å². The third-order valence-corrected chi connectivity index (χ3v) is 5.49. The fourth-order valence-corrected chi connectivity index (χ4v) is 3.79. The van der Waals surface area contributed by atoms with Gasteiger partial charge in [-0.3, -0.25) is 14.6 Å². The number of benzene rings is 1. The molecule has 0 atom stereocenters. The number of phenolic OH excluding ortho intramolecular Hbond substituents is 1. The van der Waals surface area contributed by atoms with E-state index in [1.54, 1.807) is 12.1 Å². The van der Waals surface area contributed by atoms with Crippen molar-refractivity contribution < 1.29 is 9.90 Å². The predicted octanol–water partition coefficient (Wildman–Crippen LogP) is 4.05. The lowest BCUT2D eigenvalue weighted by Gasteiger charge is -2.22. The smallest absolute Gasteiger partial charge is 0.254 e. The molecule has 1 amide bonds. The van der Waals surface area contributed by atoms with Crippen molar-refractivity contribution in [3.63, 3.8) is 0 Å². The van der Waals surface area contributed by atoms with Gasteiger partial charge >= 0.3 is 0 Å². The summed E-state index contributed by atoms with van der Waals surface area (Å²) in [6.07, 6.45) is 15.2. The van der Waals surface area contributed by atoms with Gasteiger partial charge < -0.3 is 5.11 Å². The summed E-state index contributed by atoms with van der Waals surface area (Å²) in [7, 11) is 0. The normalized spacial score (nSPS) is 16.2. The van der Waals surface area contributed by atoms with Crippen molar-refractivity contribution in [1.29, 1.82) is 0 Å². The topological polar surface area (TPSA) is 68.2 Å². The molecule has 1 aromatic carbocycles. The maximum atomic E-state index is 12.4. The first-order valence-corrected chi connectivity index (χ1v) is 11.7. The van der Waals surface area contributed by atoms with Crippen molar-refractivity contribution >= 4 is 12.1 Å². The average Bonchev–Trinajstić information content (AvgIpc) is 3.01. The molecule has 1 aromatic rings. The van der Waals surface area contributed by atoms with Crippen LogP contribution in [0.1, 0.15) is 37.3 Å². The van der Waals surface area contributed by atoms with Crippen LogP contribution in [-0.2, 0) is 11.2 Å². The Morgan fingerprint density at radius 1 is 1.15 bits per heavy atom. The molecule has 6 heteroatoms. The molecule has 0 aromatic heterocycles. The van der Waals surface area contributed by atoms with E-state index in [1.165, 1.54) is 11.8 Å². The van der Waals surface area contributed by atoms with Crippen LogP contribution in [0.15, 0.2) is 72.4 Å². The zero-order valence-corrected chi connectivity index (χ0v) is 19.9. The van der Waals surface area contributed by atoms with E-state index in [9.17, 15) is 9.90 Å². The highest BCUT2D eigenvalue weighted by Crippen LogP contribution is 2.21. The molecular formula is C27H38N4O2. The van der Waals surface area contributed by atoms with Gasteiger partial charge in [-0.15, -0.1) is 13.2 Å². The monoisotopic (exact) mass is 450 g/mol. The Bertz CT molecular complexity index is 873. The number of rotatable bonds is 12. The van der Waals surface area contributed by atoms with Gasteiger partial charge in [0.05, 0.1) is 12.8 Å². The largest absolute Gasteiger partial charge is 0.507 e. The summed E-state index contributed by atoms with van der Waals surface area (Å²) in [5, 5.41) is 14.3.